The number of aliphatic carboxylic acids is 1. The van der Waals surface area contributed by atoms with E-state index in [1.165, 1.54) is 0 Å². The Bertz CT molecular complexity index is 472. The lowest BCUT2D eigenvalue weighted by Gasteiger charge is -2.23. The number of ether oxygens (including phenoxy) is 1. The van der Waals surface area contributed by atoms with Gasteiger partial charge in [-0.25, -0.2) is 0 Å². The highest BCUT2D eigenvalue weighted by molar-refractivity contribution is 5.80. The van der Waals surface area contributed by atoms with Gasteiger partial charge in [-0.15, -0.1) is 0 Å². The number of carboxylic acid groups (broad SMARTS) is 1. The molecule has 0 spiro atoms. The summed E-state index contributed by atoms with van der Waals surface area (Å²) in [5.41, 5.74) is 0.629. The molecule has 114 valence electrons. The van der Waals surface area contributed by atoms with Gasteiger partial charge in [0.2, 0.25) is 5.91 Å². The van der Waals surface area contributed by atoms with Gasteiger partial charge in [-0.3, -0.25) is 14.9 Å². The van der Waals surface area contributed by atoms with Crippen LogP contribution in [0.5, 0.6) is 0 Å². The molecule has 1 atom stereocenters. The first-order valence-corrected chi connectivity index (χ1v) is 7.05. The van der Waals surface area contributed by atoms with Crippen molar-refractivity contribution >= 4 is 11.9 Å². The quantitative estimate of drug-likeness (QED) is 0.718. The topological polar surface area (TPSA) is 87.7 Å². The fourth-order valence-electron chi connectivity index (χ4n) is 2.31. The normalized spacial score (nSPS) is 17.1. The van der Waals surface area contributed by atoms with Crippen molar-refractivity contribution in [3.63, 3.8) is 0 Å². The lowest BCUT2D eigenvalue weighted by atomic mass is 10.1. The van der Waals surface area contributed by atoms with Crippen LogP contribution in [-0.4, -0.2) is 42.8 Å². The Hall–Kier alpha value is -1.92. The third-order valence-electron chi connectivity index (χ3n) is 3.43. The first-order valence-electron chi connectivity index (χ1n) is 7.05. The monoisotopic (exact) mass is 292 g/mol. The molecule has 0 saturated carbocycles. The van der Waals surface area contributed by atoms with Crippen molar-refractivity contribution in [2.45, 2.75) is 24.9 Å². The minimum Gasteiger partial charge on any atom is -0.480 e. The molecule has 0 aliphatic carbocycles. The lowest BCUT2D eigenvalue weighted by molar-refractivity contribution is -0.139. The number of amides is 1. The molecule has 3 N–H and O–H groups in total. The first-order chi connectivity index (χ1) is 10.2. The van der Waals surface area contributed by atoms with Crippen LogP contribution < -0.4 is 10.6 Å². The standard InChI is InChI=1S/C15H20N2O4/c18-13(17-12-6-8-21-9-7-12)10-16-14(15(19)20)11-4-2-1-3-5-11/h1-5,12,14,16H,6-10H2,(H,17,18)(H,19,20). The molecule has 1 aliphatic rings. The molecule has 1 fully saturated rings. The van der Waals surface area contributed by atoms with Gasteiger partial charge in [0.1, 0.15) is 6.04 Å². The molecule has 0 radical (unpaired) electrons. The molecule has 2 rings (SSSR count). The number of hydrogen-bond donors (Lipinski definition) is 3. The number of carboxylic acids is 1. The second-order valence-corrected chi connectivity index (χ2v) is 5.02. The minimum atomic E-state index is -1.000. The molecule has 0 aromatic heterocycles. The van der Waals surface area contributed by atoms with Gasteiger partial charge in [0, 0.05) is 19.3 Å². The molecule has 0 bridgehead atoms. The SMILES string of the molecule is O=C(CNC(C(=O)O)c1ccccc1)NC1CCOCC1. The first kappa shape index (κ1) is 15.5. The van der Waals surface area contributed by atoms with Gasteiger partial charge in [0.15, 0.2) is 0 Å². The zero-order valence-electron chi connectivity index (χ0n) is 11.7. The molecular formula is C15H20N2O4. The summed E-state index contributed by atoms with van der Waals surface area (Å²) in [6.07, 6.45) is 1.60. The van der Waals surface area contributed by atoms with E-state index < -0.39 is 12.0 Å². The molecule has 21 heavy (non-hydrogen) atoms. The Labute approximate surface area is 123 Å². The van der Waals surface area contributed by atoms with Crippen LogP contribution >= 0.6 is 0 Å². The maximum Gasteiger partial charge on any atom is 0.325 e. The number of carbonyl (C=O) groups excluding carboxylic acids is 1. The summed E-state index contributed by atoms with van der Waals surface area (Å²) < 4.78 is 5.22. The van der Waals surface area contributed by atoms with E-state index in [0.29, 0.717) is 18.8 Å². The Morgan fingerprint density at radius 1 is 1.24 bits per heavy atom. The zero-order valence-corrected chi connectivity index (χ0v) is 11.7. The van der Waals surface area contributed by atoms with Crippen molar-refractivity contribution in [1.82, 2.24) is 10.6 Å². The molecular weight excluding hydrogens is 272 g/mol. The van der Waals surface area contributed by atoms with Crippen LogP contribution in [0.2, 0.25) is 0 Å². The van der Waals surface area contributed by atoms with Crippen molar-refractivity contribution in [3.05, 3.63) is 35.9 Å². The van der Waals surface area contributed by atoms with Crippen molar-refractivity contribution < 1.29 is 19.4 Å². The second kappa shape index (κ2) is 7.75. The highest BCUT2D eigenvalue weighted by Crippen LogP contribution is 2.12. The fraction of sp³-hybridized carbons (Fsp3) is 0.467. The average Bonchev–Trinajstić information content (AvgIpc) is 2.49. The molecule has 6 heteroatoms. The minimum absolute atomic E-state index is 0.0246. The summed E-state index contributed by atoms with van der Waals surface area (Å²) >= 11 is 0. The number of carbonyl (C=O) groups is 2. The van der Waals surface area contributed by atoms with E-state index in [1.807, 2.05) is 6.07 Å². The van der Waals surface area contributed by atoms with Crippen LogP contribution in [-0.2, 0) is 14.3 Å². The van der Waals surface area contributed by atoms with E-state index in [2.05, 4.69) is 10.6 Å². The molecule has 1 aromatic rings. The van der Waals surface area contributed by atoms with Gasteiger partial charge in [0.25, 0.3) is 0 Å². The fourth-order valence-corrected chi connectivity index (χ4v) is 2.31. The van der Waals surface area contributed by atoms with Crippen LogP contribution in [0.25, 0.3) is 0 Å². The van der Waals surface area contributed by atoms with E-state index in [-0.39, 0.29) is 18.5 Å². The van der Waals surface area contributed by atoms with Gasteiger partial charge in [0.05, 0.1) is 6.54 Å². The molecule has 1 unspecified atom stereocenters. The lowest BCUT2D eigenvalue weighted by Crippen LogP contribution is -2.44. The molecule has 6 nitrogen and oxygen atoms in total. The zero-order chi connectivity index (χ0) is 15.1. The van der Waals surface area contributed by atoms with Gasteiger partial charge in [-0.2, -0.15) is 0 Å². The molecule has 1 saturated heterocycles. The van der Waals surface area contributed by atoms with Crippen molar-refractivity contribution in [2.75, 3.05) is 19.8 Å². The van der Waals surface area contributed by atoms with E-state index >= 15 is 0 Å². The van der Waals surface area contributed by atoms with Gasteiger partial charge in [-0.05, 0) is 18.4 Å². The van der Waals surface area contributed by atoms with Crippen LogP contribution in [0.15, 0.2) is 30.3 Å². The highest BCUT2D eigenvalue weighted by atomic mass is 16.5. The second-order valence-electron chi connectivity index (χ2n) is 5.02. The Morgan fingerprint density at radius 2 is 1.90 bits per heavy atom. The third-order valence-corrected chi connectivity index (χ3v) is 3.43. The maximum atomic E-state index is 11.9. The predicted molar refractivity (Wildman–Crippen MR) is 76.8 cm³/mol. The van der Waals surface area contributed by atoms with E-state index in [0.717, 1.165) is 12.8 Å². The van der Waals surface area contributed by atoms with Crippen LogP contribution in [0.4, 0.5) is 0 Å². The Balaban J connectivity index is 1.84. The van der Waals surface area contributed by atoms with Gasteiger partial charge >= 0.3 is 5.97 Å². The van der Waals surface area contributed by atoms with E-state index in [1.54, 1.807) is 24.3 Å². The molecule has 1 aliphatic heterocycles. The van der Waals surface area contributed by atoms with Gasteiger partial charge < -0.3 is 15.2 Å². The smallest absolute Gasteiger partial charge is 0.325 e. The summed E-state index contributed by atoms with van der Waals surface area (Å²) in [6, 6.07) is 8.05. The highest BCUT2D eigenvalue weighted by Gasteiger charge is 2.21. The molecule has 1 amide bonds. The Morgan fingerprint density at radius 3 is 2.52 bits per heavy atom. The van der Waals surface area contributed by atoms with Crippen molar-refractivity contribution in [1.29, 1.82) is 0 Å². The predicted octanol–water partition coefficient (Wildman–Crippen LogP) is 0.697. The summed E-state index contributed by atoms with van der Waals surface area (Å²) in [6.45, 7) is 1.28. The average molecular weight is 292 g/mol. The van der Waals surface area contributed by atoms with Crippen molar-refractivity contribution in [3.8, 4) is 0 Å². The third kappa shape index (κ3) is 4.84. The van der Waals surface area contributed by atoms with Crippen molar-refractivity contribution in [2.24, 2.45) is 0 Å². The summed E-state index contributed by atoms with van der Waals surface area (Å²) in [5, 5.41) is 14.9. The summed E-state index contributed by atoms with van der Waals surface area (Å²) in [7, 11) is 0. The van der Waals surface area contributed by atoms with Crippen LogP contribution in [0.1, 0.15) is 24.4 Å². The maximum absolute atomic E-state index is 11.9. The largest absolute Gasteiger partial charge is 0.480 e. The summed E-state index contributed by atoms with van der Waals surface area (Å²) in [4.78, 5) is 23.2. The summed E-state index contributed by atoms with van der Waals surface area (Å²) in [5.74, 6) is -1.19. The number of hydrogen-bond acceptors (Lipinski definition) is 4. The van der Waals surface area contributed by atoms with E-state index in [9.17, 15) is 14.7 Å². The number of rotatable bonds is 6. The Kier molecular flexibility index (Phi) is 5.71. The van der Waals surface area contributed by atoms with Crippen LogP contribution in [0, 0.1) is 0 Å². The van der Waals surface area contributed by atoms with Crippen LogP contribution in [0.3, 0.4) is 0 Å². The van der Waals surface area contributed by atoms with E-state index in [4.69, 9.17) is 4.74 Å². The number of nitrogens with one attached hydrogen (secondary N) is 2. The molecule has 1 aromatic carbocycles. The molecule has 1 heterocycles. The van der Waals surface area contributed by atoms with Gasteiger partial charge in [-0.1, -0.05) is 30.3 Å². The number of benzene rings is 1.